The van der Waals surface area contributed by atoms with Gasteiger partial charge in [-0.2, -0.15) is 0 Å². The van der Waals surface area contributed by atoms with Crippen LogP contribution in [0.15, 0.2) is 97.1 Å². The quantitative estimate of drug-likeness (QED) is 0.403. The van der Waals surface area contributed by atoms with Gasteiger partial charge >= 0.3 is 5.97 Å². The van der Waals surface area contributed by atoms with Crippen molar-refractivity contribution in [1.29, 1.82) is 0 Å². The van der Waals surface area contributed by atoms with E-state index in [1.54, 1.807) is 24.3 Å². The lowest BCUT2D eigenvalue weighted by molar-refractivity contribution is -0.915. The zero-order valence-electron chi connectivity index (χ0n) is 19.1. The van der Waals surface area contributed by atoms with Gasteiger partial charge in [0.05, 0.1) is 20.1 Å². The summed E-state index contributed by atoms with van der Waals surface area (Å²) >= 11 is 0. The second-order valence-corrected chi connectivity index (χ2v) is 9.04. The molecule has 1 aliphatic rings. The van der Waals surface area contributed by atoms with E-state index in [2.05, 4.69) is 31.3 Å². The average Bonchev–Trinajstić information content (AvgIpc) is 3.23. The molecule has 0 saturated carbocycles. The summed E-state index contributed by atoms with van der Waals surface area (Å²) in [6, 6.07) is 28.5. The first kappa shape index (κ1) is 23.0. The van der Waals surface area contributed by atoms with Crippen LogP contribution in [0.3, 0.4) is 0 Å². The van der Waals surface area contributed by atoms with Gasteiger partial charge in [-0.05, 0) is 22.8 Å². The second-order valence-electron chi connectivity index (χ2n) is 9.04. The van der Waals surface area contributed by atoms with Crippen molar-refractivity contribution >= 4 is 12.0 Å². The zero-order chi connectivity index (χ0) is 23.2. The molecule has 1 heterocycles. The fourth-order valence-corrected chi connectivity index (χ4v) is 4.72. The van der Waals surface area contributed by atoms with Crippen LogP contribution in [0.2, 0.25) is 0 Å². The number of aliphatic hydroxyl groups is 1. The van der Waals surface area contributed by atoms with Crippen molar-refractivity contribution in [3.05, 3.63) is 114 Å². The van der Waals surface area contributed by atoms with Crippen LogP contribution in [-0.4, -0.2) is 48.3 Å². The molecule has 1 aliphatic heterocycles. The molecule has 3 aromatic carbocycles. The minimum atomic E-state index is -1.84. The van der Waals surface area contributed by atoms with Crippen LogP contribution >= 0.6 is 0 Å². The van der Waals surface area contributed by atoms with E-state index in [0.29, 0.717) is 11.1 Å². The third-order valence-corrected chi connectivity index (χ3v) is 6.81. The fourth-order valence-electron chi connectivity index (χ4n) is 4.72. The number of hydrogen-bond donors (Lipinski definition) is 1. The highest BCUT2D eigenvalue weighted by Crippen LogP contribution is 2.32. The summed E-state index contributed by atoms with van der Waals surface area (Å²) in [4.78, 5) is 13.3. The summed E-state index contributed by atoms with van der Waals surface area (Å²) in [5, 5.41) is 11.6. The van der Waals surface area contributed by atoms with Gasteiger partial charge in [0.1, 0.15) is 12.6 Å². The Labute approximate surface area is 196 Å². The van der Waals surface area contributed by atoms with Crippen molar-refractivity contribution < 1.29 is 19.1 Å². The number of carbonyl (C=O) groups is 1. The maximum Gasteiger partial charge on any atom is 0.347 e. The molecular formula is C29H32NO3+. The molecule has 1 fully saturated rings. The Kier molecular flexibility index (Phi) is 7.07. The van der Waals surface area contributed by atoms with Gasteiger partial charge in [0.2, 0.25) is 5.60 Å². The molecule has 0 spiro atoms. The highest BCUT2D eigenvalue weighted by atomic mass is 16.6. The summed E-state index contributed by atoms with van der Waals surface area (Å²) < 4.78 is 6.66. The van der Waals surface area contributed by atoms with Gasteiger partial charge in [0.15, 0.2) is 0 Å². The summed E-state index contributed by atoms with van der Waals surface area (Å²) in [6.07, 6.45) is 6.45. The standard InChI is InChI=1S/C29H32NO3/c1-30(21-11-15-24-13-5-2-6-14-24)22-12-20-27(30)23-33-28(31)29(32,25-16-7-3-8-17-25)26-18-9-4-10-19-26/h2-11,13-19,27,32H,12,20-23H2,1H3/q+1/b15-11+/t27-,30?/m1/s1. The molecule has 0 aliphatic carbocycles. The molecule has 1 unspecified atom stereocenters. The number of hydrogen-bond acceptors (Lipinski definition) is 3. The van der Waals surface area contributed by atoms with E-state index in [0.717, 1.165) is 30.4 Å². The van der Waals surface area contributed by atoms with Gasteiger partial charge in [-0.15, -0.1) is 0 Å². The van der Waals surface area contributed by atoms with Crippen molar-refractivity contribution in [3.8, 4) is 0 Å². The normalized spacial score (nSPS) is 20.7. The monoisotopic (exact) mass is 442 g/mol. The van der Waals surface area contributed by atoms with Gasteiger partial charge in [-0.25, -0.2) is 4.79 Å². The summed E-state index contributed by atoms with van der Waals surface area (Å²) in [7, 11) is 2.22. The smallest absolute Gasteiger partial charge is 0.347 e. The summed E-state index contributed by atoms with van der Waals surface area (Å²) in [5.74, 6) is -0.627. The Morgan fingerprint density at radius 3 is 2.09 bits per heavy atom. The van der Waals surface area contributed by atoms with E-state index in [9.17, 15) is 9.90 Å². The Morgan fingerprint density at radius 2 is 1.52 bits per heavy atom. The Bertz CT molecular complexity index is 1030. The zero-order valence-corrected chi connectivity index (χ0v) is 19.1. The second kappa shape index (κ2) is 10.2. The van der Waals surface area contributed by atoms with Crippen LogP contribution in [0.25, 0.3) is 6.08 Å². The lowest BCUT2D eigenvalue weighted by Crippen LogP contribution is -2.51. The van der Waals surface area contributed by atoms with E-state index in [1.807, 2.05) is 54.6 Å². The number of likely N-dealkylation sites (tertiary alicyclic amines) is 1. The van der Waals surface area contributed by atoms with Crippen LogP contribution in [0.4, 0.5) is 0 Å². The Morgan fingerprint density at radius 1 is 0.970 bits per heavy atom. The van der Waals surface area contributed by atoms with Gasteiger partial charge in [0.25, 0.3) is 0 Å². The van der Waals surface area contributed by atoms with Crippen molar-refractivity contribution in [3.63, 3.8) is 0 Å². The van der Waals surface area contributed by atoms with Crippen LogP contribution in [0.5, 0.6) is 0 Å². The Hall–Kier alpha value is -3.21. The number of benzene rings is 3. The molecule has 1 saturated heterocycles. The maximum absolute atomic E-state index is 13.3. The van der Waals surface area contributed by atoms with Crippen LogP contribution in [0, 0.1) is 0 Å². The molecule has 2 atom stereocenters. The van der Waals surface area contributed by atoms with E-state index in [-0.39, 0.29) is 12.6 Å². The van der Waals surface area contributed by atoms with E-state index in [4.69, 9.17) is 4.74 Å². The summed E-state index contributed by atoms with van der Waals surface area (Å²) in [6.45, 7) is 2.21. The highest BCUT2D eigenvalue weighted by molar-refractivity contribution is 5.85. The van der Waals surface area contributed by atoms with Gasteiger partial charge in [0, 0.05) is 12.8 Å². The topological polar surface area (TPSA) is 46.5 Å². The highest BCUT2D eigenvalue weighted by Gasteiger charge is 2.44. The largest absolute Gasteiger partial charge is 0.457 e. The molecular weight excluding hydrogens is 410 g/mol. The van der Waals surface area contributed by atoms with Crippen LogP contribution in [-0.2, 0) is 15.1 Å². The molecule has 33 heavy (non-hydrogen) atoms. The summed E-state index contributed by atoms with van der Waals surface area (Å²) in [5.41, 5.74) is 0.367. The maximum atomic E-state index is 13.3. The van der Waals surface area contributed by atoms with Crippen molar-refractivity contribution in [2.45, 2.75) is 24.5 Å². The fraction of sp³-hybridized carbons (Fsp3) is 0.276. The number of esters is 1. The van der Waals surface area contributed by atoms with E-state index >= 15 is 0 Å². The molecule has 4 heteroatoms. The van der Waals surface area contributed by atoms with Gasteiger partial charge in [-0.3, -0.25) is 0 Å². The van der Waals surface area contributed by atoms with Crippen molar-refractivity contribution in [1.82, 2.24) is 0 Å². The lowest BCUT2D eigenvalue weighted by Gasteiger charge is -2.35. The number of ether oxygens (including phenoxy) is 1. The number of rotatable bonds is 8. The van der Waals surface area contributed by atoms with Crippen molar-refractivity contribution in [2.75, 3.05) is 26.7 Å². The van der Waals surface area contributed by atoms with Gasteiger partial charge < -0.3 is 14.3 Å². The minimum absolute atomic E-state index is 0.199. The molecule has 170 valence electrons. The molecule has 0 bridgehead atoms. The predicted octanol–water partition coefficient (Wildman–Crippen LogP) is 4.79. The predicted molar refractivity (Wildman–Crippen MR) is 131 cm³/mol. The average molecular weight is 443 g/mol. The first-order valence-corrected chi connectivity index (χ1v) is 11.6. The first-order valence-electron chi connectivity index (χ1n) is 11.6. The lowest BCUT2D eigenvalue weighted by atomic mass is 9.86. The van der Waals surface area contributed by atoms with Gasteiger partial charge in [-0.1, -0.05) is 97.1 Å². The third kappa shape index (κ3) is 5.08. The van der Waals surface area contributed by atoms with Crippen LogP contribution < -0.4 is 0 Å². The first-order chi connectivity index (χ1) is 16.0. The Balaban J connectivity index is 1.47. The molecule has 0 amide bonds. The number of nitrogens with zero attached hydrogens (tertiary/aromatic N) is 1. The molecule has 0 aromatic heterocycles. The molecule has 3 aromatic rings. The number of quaternary nitrogens is 1. The third-order valence-electron chi connectivity index (χ3n) is 6.81. The number of carbonyl (C=O) groups excluding carboxylic acids is 1. The number of likely N-dealkylation sites (N-methyl/N-ethyl adjacent to an activating group) is 1. The molecule has 4 nitrogen and oxygen atoms in total. The van der Waals surface area contributed by atoms with Crippen LogP contribution in [0.1, 0.15) is 29.5 Å². The SMILES string of the molecule is C[N+]1(C/C=C/c2ccccc2)CCC[C@@H]1COC(=O)C(O)(c1ccccc1)c1ccccc1. The van der Waals surface area contributed by atoms with E-state index < -0.39 is 11.6 Å². The molecule has 0 radical (unpaired) electrons. The molecule has 4 rings (SSSR count). The molecule has 1 N–H and O–H groups in total. The van der Waals surface area contributed by atoms with E-state index in [1.165, 1.54) is 5.56 Å². The minimum Gasteiger partial charge on any atom is -0.457 e. The van der Waals surface area contributed by atoms with Crippen molar-refractivity contribution in [2.24, 2.45) is 0 Å².